The molecule has 0 fully saturated rings. The first-order valence-electron chi connectivity index (χ1n) is 5.30. The van der Waals surface area contributed by atoms with Crippen molar-refractivity contribution in [2.75, 3.05) is 17.7 Å². The molecule has 94 valence electrons. The van der Waals surface area contributed by atoms with Gasteiger partial charge in [0.05, 0.1) is 23.9 Å². The van der Waals surface area contributed by atoms with Crippen molar-refractivity contribution in [1.82, 2.24) is 9.55 Å². The van der Waals surface area contributed by atoms with Gasteiger partial charge in [-0.15, -0.1) is 0 Å². The molecule has 0 atom stereocenters. The van der Waals surface area contributed by atoms with Crippen molar-refractivity contribution in [2.45, 2.75) is 0 Å². The van der Waals surface area contributed by atoms with Gasteiger partial charge < -0.3 is 15.2 Å². The predicted octanol–water partition coefficient (Wildman–Crippen LogP) is 1.93. The van der Waals surface area contributed by atoms with Crippen molar-refractivity contribution >= 4 is 28.9 Å². The van der Waals surface area contributed by atoms with E-state index in [2.05, 4.69) is 4.98 Å². The Morgan fingerprint density at radius 1 is 1.50 bits per heavy atom. The highest BCUT2D eigenvalue weighted by molar-refractivity contribution is 6.31. The van der Waals surface area contributed by atoms with Gasteiger partial charge >= 0.3 is 0 Å². The molecule has 0 saturated carbocycles. The van der Waals surface area contributed by atoms with E-state index in [1.807, 2.05) is 0 Å². The van der Waals surface area contributed by atoms with E-state index in [4.69, 9.17) is 17.3 Å². The summed E-state index contributed by atoms with van der Waals surface area (Å²) < 4.78 is 1.65. The molecule has 0 spiro atoms. The summed E-state index contributed by atoms with van der Waals surface area (Å²) in [4.78, 5) is 17.6. The Balaban J connectivity index is 2.37. The number of carbonyl (C=O) groups excluding carboxylic acids is 1. The van der Waals surface area contributed by atoms with Crippen molar-refractivity contribution in [3.63, 3.8) is 0 Å². The molecule has 1 aromatic carbocycles. The van der Waals surface area contributed by atoms with E-state index in [0.29, 0.717) is 22.1 Å². The quantitative estimate of drug-likeness (QED) is 0.843. The molecule has 0 radical (unpaired) electrons. The van der Waals surface area contributed by atoms with Crippen LogP contribution >= 0.6 is 11.6 Å². The number of imidazole rings is 1. The summed E-state index contributed by atoms with van der Waals surface area (Å²) in [5.41, 5.74) is 7.40. The molecule has 2 aromatic rings. The summed E-state index contributed by atoms with van der Waals surface area (Å²) in [6.45, 7) is 0. The van der Waals surface area contributed by atoms with Gasteiger partial charge in [-0.2, -0.15) is 0 Å². The molecule has 6 heteroatoms. The Morgan fingerprint density at radius 3 is 2.83 bits per heavy atom. The third-order valence-corrected chi connectivity index (χ3v) is 2.93. The first-order chi connectivity index (χ1) is 8.50. The van der Waals surface area contributed by atoms with Gasteiger partial charge in [-0.1, -0.05) is 11.6 Å². The van der Waals surface area contributed by atoms with Crippen LogP contribution in [0.4, 0.5) is 11.4 Å². The highest BCUT2D eigenvalue weighted by Gasteiger charge is 2.18. The minimum atomic E-state index is -0.191. The Morgan fingerprint density at radius 2 is 2.22 bits per heavy atom. The van der Waals surface area contributed by atoms with Gasteiger partial charge in [0.2, 0.25) is 0 Å². The number of benzene rings is 1. The Kier molecular flexibility index (Phi) is 3.25. The summed E-state index contributed by atoms with van der Waals surface area (Å²) in [6, 6.07) is 5.01. The van der Waals surface area contributed by atoms with Crippen LogP contribution in [0.5, 0.6) is 0 Å². The fourth-order valence-corrected chi connectivity index (χ4v) is 1.82. The number of amides is 1. The van der Waals surface area contributed by atoms with E-state index in [9.17, 15) is 4.79 Å². The molecular weight excluding hydrogens is 252 g/mol. The van der Waals surface area contributed by atoms with Crippen molar-refractivity contribution in [2.24, 2.45) is 7.05 Å². The number of aryl methyl sites for hydroxylation is 1. The Hall–Kier alpha value is -2.01. The lowest BCUT2D eigenvalue weighted by molar-refractivity contribution is 0.0985. The average Bonchev–Trinajstić information content (AvgIpc) is 2.77. The zero-order chi connectivity index (χ0) is 13.3. The molecule has 1 amide bonds. The summed E-state index contributed by atoms with van der Waals surface area (Å²) >= 11 is 5.91. The number of nitrogens with zero attached hydrogens (tertiary/aromatic N) is 3. The molecular formula is C12H13ClN4O. The van der Waals surface area contributed by atoms with E-state index in [-0.39, 0.29) is 5.91 Å². The van der Waals surface area contributed by atoms with E-state index in [0.717, 1.165) is 0 Å². The maximum absolute atomic E-state index is 12.3. The monoisotopic (exact) mass is 264 g/mol. The van der Waals surface area contributed by atoms with Crippen LogP contribution in [0.15, 0.2) is 30.7 Å². The lowest BCUT2D eigenvalue weighted by Crippen LogP contribution is -2.28. The van der Waals surface area contributed by atoms with Crippen LogP contribution in [0, 0.1) is 0 Å². The van der Waals surface area contributed by atoms with E-state index in [1.54, 1.807) is 43.2 Å². The van der Waals surface area contributed by atoms with Crippen molar-refractivity contribution < 1.29 is 4.79 Å². The fraction of sp³-hybridized carbons (Fsp3) is 0.167. The van der Waals surface area contributed by atoms with E-state index < -0.39 is 0 Å². The molecule has 0 aliphatic rings. The van der Waals surface area contributed by atoms with Crippen LogP contribution in [-0.2, 0) is 7.05 Å². The summed E-state index contributed by atoms with van der Waals surface area (Å²) in [5, 5.41) is 0.531. The van der Waals surface area contributed by atoms with E-state index in [1.165, 1.54) is 11.1 Å². The van der Waals surface area contributed by atoms with Crippen LogP contribution < -0.4 is 10.6 Å². The lowest BCUT2D eigenvalue weighted by Gasteiger charge is -2.19. The zero-order valence-corrected chi connectivity index (χ0v) is 10.8. The second kappa shape index (κ2) is 4.70. The number of aromatic nitrogens is 2. The molecule has 5 nitrogen and oxygen atoms in total. The number of halogens is 1. The molecule has 0 aliphatic heterocycles. The smallest absolute Gasteiger partial charge is 0.276 e. The number of nitrogen functional groups attached to an aromatic ring is 1. The predicted molar refractivity (Wildman–Crippen MR) is 71.8 cm³/mol. The zero-order valence-electron chi connectivity index (χ0n) is 10.1. The van der Waals surface area contributed by atoms with Crippen molar-refractivity contribution in [3.05, 3.63) is 41.4 Å². The topological polar surface area (TPSA) is 64.2 Å². The molecule has 0 saturated heterocycles. The average molecular weight is 265 g/mol. The fourth-order valence-electron chi connectivity index (χ4n) is 1.65. The minimum absolute atomic E-state index is 0.191. The number of rotatable bonds is 2. The maximum atomic E-state index is 12.3. The van der Waals surface area contributed by atoms with Gasteiger partial charge in [-0.05, 0) is 18.2 Å². The van der Waals surface area contributed by atoms with Gasteiger partial charge in [0.15, 0.2) is 0 Å². The van der Waals surface area contributed by atoms with Gasteiger partial charge in [0, 0.05) is 19.1 Å². The van der Waals surface area contributed by atoms with Crippen LogP contribution in [0.2, 0.25) is 5.02 Å². The number of nitrogens with two attached hydrogens (primary N) is 1. The first-order valence-corrected chi connectivity index (χ1v) is 5.68. The summed E-state index contributed by atoms with van der Waals surface area (Å²) in [5.74, 6) is -0.191. The van der Waals surface area contributed by atoms with Crippen molar-refractivity contribution in [3.8, 4) is 0 Å². The molecule has 1 heterocycles. The third kappa shape index (κ3) is 2.17. The molecule has 0 bridgehead atoms. The summed E-state index contributed by atoms with van der Waals surface area (Å²) in [7, 11) is 3.41. The highest BCUT2D eigenvalue weighted by Crippen LogP contribution is 2.26. The molecule has 0 unspecified atom stereocenters. The maximum Gasteiger partial charge on any atom is 0.276 e. The SMILES string of the molecule is CN(C(=O)c1cncn1C)c1cc(Cl)ccc1N. The van der Waals surface area contributed by atoms with Crippen LogP contribution in [0.25, 0.3) is 0 Å². The van der Waals surface area contributed by atoms with Crippen LogP contribution in [0.3, 0.4) is 0 Å². The highest BCUT2D eigenvalue weighted by atomic mass is 35.5. The van der Waals surface area contributed by atoms with Crippen LogP contribution in [-0.4, -0.2) is 22.5 Å². The van der Waals surface area contributed by atoms with Gasteiger partial charge in [-0.3, -0.25) is 4.79 Å². The Labute approximate surface area is 110 Å². The number of hydrogen-bond acceptors (Lipinski definition) is 3. The molecule has 1 aromatic heterocycles. The molecule has 18 heavy (non-hydrogen) atoms. The minimum Gasteiger partial charge on any atom is -0.397 e. The number of hydrogen-bond donors (Lipinski definition) is 1. The number of anilines is 2. The number of carbonyl (C=O) groups is 1. The lowest BCUT2D eigenvalue weighted by atomic mass is 10.2. The molecule has 0 aliphatic carbocycles. The van der Waals surface area contributed by atoms with E-state index >= 15 is 0 Å². The standard InChI is InChI=1S/C12H13ClN4O/c1-16-7-15-6-11(16)12(18)17(2)10-5-8(13)3-4-9(10)14/h3-7H,14H2,1-2H3. The van der Waals surface area contributed by atoms with Crippen LogP contribution in [0.1, 0.15) is 10.5 Å². The normalized spacial score (nSPS) is 10.4. The largest absolute Gasteiger partial charge is 0.397 e. The summed E-state index contributed by atoms with van der Waals surface area (Å²) in [6.07, 6.45) is 3.09. The van der Waals surface area contributed by atoms with Crippen molar-refractivity contribution in [1.29, 1.82) is 0 Å². The second-order valence-electron chi connectivity index (χ2n) is 3.96. The first kappa shape index (κ1) is 12.4. The van der Waals surface area contributed by atoms with Gasteiger partial charge in [0.25, 0.3) is 5.91 Å². The third-order valence-electron chi connectivity index (χ3n) is 2.69. The molecule has 2 rings (SSSR count). The molecule has 2 N–H and O–H groups in total. The Bertz CT molecular complexity index is 594. The van der Waals surface area contributed by atoms with Gasteiger partial charge in [0.1, 0.15) is 5.69 Å². The second-order valence-corrected chi connectivity index (χ2v) is 4.39. The van der Waals surface area contributed by atoms with Gasteiger partial charge in [-0.25, -0.2) is 4.98 Å².